The third-order valence-corrected chi connectivity index (χ3v) is 5.16. The number of hydrogen-bond acceptors (Lipinski definition) is 5. The van der Waals surface area contributed by atoms with Gasteiger partial charge in [0, 0.05) is 28.9 Å². The van der Waals surface area contributed by atoms with E-state index in [1.807, 2.05) is 0 Å². The Morgan fingerprint density at radius 2 is 1.74 bits per heavy atom. The van der Waals surface area contributed by atoms with E-state index < -0.39 is 15.7 Å². The van der Waals surface area contributed by atoms with Gasteiger partial charge in [0.25, 0.3) is 5.91 Å². The van der Waals surface area contributed by atoms with Gasteiger partial charge in [-0.1, -0.05) is 23.2 Å². The van der Waals surface area contributed by atoms with Crippen LogP contribution in [0.25, 0.3) is 5.95 Å². The van der Waals surface area contributed by atoms with Gasteiger partial charge in [-0.3, -0.25) is 9.36 Å². The molecule has 0 saturated carbocycles. The Morgan fingerprint density at radius 1 is 1.07 bits per heavy atom. The van der Waals surface area contributed by atoms with E-state index in [1.165, 1.54) is 30.6 Å². The van der Waals surface area contributed by atoms with Crippen LogP contribution < -0.4 is 5.32 Å². The van der Waals surface area contributed by atoms with Gasteiger partial charge in [0.05, 0.1) is 27.9 Å². The van der Waals surface area contributed by atoms with Gasteiger partial charge in [-0.05, 0) is 31.2 Å². The highest BCUT2D eigenvalue weighted by Crippen LogP contribution is 2.23. The van der Waals surface area contributed by atoms with E-state index in [4.69, 9.17) is 23.2 Å². The number of aromatic nitrogens is 3. The Balaban J connectivity index is 1.89. The fourth-order valence-corrected chi connectivity index (χ4v) is 3.47. The molecule has 0 saturated heterocycles. The number of rotatable bonds is 4. The number of nitrogens with one attached hydrogen (secondary N) is 1. The topological polar surface area (TPSA) is 94.0 Å². The van der Waals surface area contributed by atoms with Crippen molar-refractivity contribution in [3.8, 4) is 5.95 Å². The number of halogens is 2. The molecule has 0 unspecified atom stereocenters. The van der Waals surface area contributed by atoms with Crippen molar-refractivity contribution >= 4 is 44.6 Å². The molecular formula is C17H14Cl2N4O3S. The van der Waals surface area contributed by atoms with Crippen LogP contribution in [0.2, 0.25) is 10.0 Å². The van der Waals surface area contributed by atoms with E-state index in [1.54, 1.807) is 23.8 Å². The number of sulfone groups is 1. The summed E-state index contributed by atoms with van der Waals surface area (Å²) in [7, 11) is -3.46. The lowest BCUT2D eigenvalue weighted by Crippen LogP contribution is -2.12. The lowest BCUT2D eigenvalue weighted by atomic mass is 10.2. The Bertz CT molecular complexity index is 1130. The average molecular weight is 425 g/mol. The van der Waals surface area contributed by atoms with Crippen LogP contribution in [0.4, 0.5) is 5.69 Å². The molecule has 2 heterocycles. The van der Waals surface area contributed by atoms with E-state index in [0.717, 1.165) is 11.9 Å². The molecule has 0 spiro atoms. The number of anilines is 1. The molecule has 0 atom stereocenters. The average Bonchev–Trinajstić information content (AvgIpc) is 2.96. The fourth-order valence-electron chi connectivity index (χ4n) is 2.39. The van der Waals surface area contributed by atoms with Crippen molar-refractivity contribution in [3.63, 3.8) is 0 Å². The third-order valence-electron chi connectivity index (χ3n) is 3.65. The maximum atomic E-state index is 12.6. The van der Waals surface area contributed by atoms with E-state index in [9.17, 15) is 13.2 Å². The summed E-state index contributed by atoms with van der Waals surface area (Å²) in [5.74, 6) is -0.0504. The van der Waals surface area contributed by atoms with Crippen LogP contribution in [0.15, 0.2) is 47.8 Å². The lowest BCUT2D eigenvalue weighted by molar-refractivity contribution is 0.102. The minimum Gasteiger partial charge on any atom is -0.322 e. The highest BCUT2D eigenvalue weighted by atomic mass is 35.5. The predicted octanol–water partition coefficient (Wildman–Crippen LogP) is 3.54. The summed E-state index contributed by atoms with van der Waals surface area (Å²) < 4.78 is 25.1. The fraction of sp³-hybridized carbons (Fsp3) is 0.118. The summed E-state index contributed by atoms with van der Waals surface area (Å²) in [4.78, 5) is 20.8. The Labute approximate surface area is 165 Å². The molecule has 1 amide bonds. The first-order chi connectivity index (χ1) is 12.6. The van der Waals surface area contributed by atoms with Gasteiger partial charge in [0.1, 0.15) is 0 Å². The lowest BCUT2D eigenvalue weighted by Gasteiger charge is -2.07. The van der Waals surface area contributed by atoms with Gasteiger partial charge in [0.15, 0.2) is 9.84 Å². The maximum Gasteiger partial charge on any atom is 0.257 e. The van der Waals surface area contributed by atoms with Gasteiger partial charge in [0.2, 0.25) is 5.95 Å². The molecule has 7 nitrogen and oxygen atoms in total. The zero-order chi connectivity index (χ0) is 19.8. The largest absolute Gasteiger partial charge is 0.322 e. The Morgan fingerprint density at radius 3 is 2.37 bits per heavy atom. The van der Waals surface area contributed by atoms with Crippen LogP contribution in [-0.4, -0.2) is 35.1 Å². The van der Waals surface area contributed by atoms with Crippen LogP contribution in [-0.2, 0) is 9.84 Å². The number of aryl methyl sites for hydroxylation is 1. The quantitative estimate of drug-likeness (QED) is 0.690. The van der Waals surface area contributed by atoms with Gasteiger partial charge in [-0.25, -0.2) is 18.4 Å². The molecule has 0 radical (unpaired) electrons. The highest BCUT2D eigenvalue weighted by Gasteiger charge is 2.15. The number of amides is 1. The highest BCUT2D eigenvalue weighted by molar-refractivity contribution is 7.90. The number of benzene rings is 1. The zero-order valence-electron chi connectivity index (χ0n) is 14.3. The Hall–Kier alpha value is -2.42. The molecule has 0 bridgehead atoms. The summed E-state index contributed by atoms with van der Waals surface area (Å²) in [5.41, 5.74) is 1.37. The molecule has 2 aromatic heterocycles. The molecule has 3 aromatic rings. The maximum absolute atomic E-state index is 12.6. The first-order valence-corrected chi connectivity index (χ1v) is 10.3. The van der Waals surface area contributed by atoms with Gasteiger partial charge in [-0.15, -0.1) is 0 Å². The summed E-state index contributed by atoms with van der Waals surface area (Å²) >= 11 is 11.8. The smallest absolute Gasteiger partial charge is 0.257 e. The van der Waals surface area contributed by atoms with Crippen molar-refractivity contribution in [2.45, 2.75) is 11.8 Å². The monoisotopic (exact) mass is 424 g/mol. The third kappa shape index (κ3) is 4.47. The Kier molecular flexibility index (Phi) is 5.23. The van der Waals surface area contributed by atoms with E-state index in [-0.39, 0.29) is 15.6 Å². The molecule has 10 heteroatoms. The van der Waals surface area contributed by atoms with Crippen molar-refractivity contribution in [2.75, 3.05) is 11.6 Å². The van der Waals surface area contributed by atoms with Crippen LogP contribution in [0.5, 0.6) is 0 Å². The zero-order valence-corrected chi connectivity index (χ0v) is 16.6. The minimum atomic E-state index is -3.46. The predicted molar refractivity (Wildman–Crippen MR) is 104 cm³/mol. The molecule has 27 heavy (non-hydrogen) atoms. The molecule has 0 fully saturated rings. The van der Waals surface area contributed by atoms with E-state index in [0.29, 0.717) is 16.5 Å². The van der Waals surface area contributed by atoms with E-state index in [2.05, 4.69) is 15.3 Å². The number of hydrogen-bond donors (Lipinski definition) is 1. The number of carbonyl (C=O) groups excluding carboxylic acids is 1. The van der Waals surface area contributed by atoms with Crippen LogP contribution >= 0.6 is 23.2 Å². The van der Waals surface area contributed by atoms with Crippen molar-refractivity contribution < 1.29 is 13.2 Å². The molecular weight excluding hydrogens is 411 g/mol. The van der Waals surface area contributed by atoms with Crippen LogP contribution in [0.3, 0.4) is 0 Å². The number of carbonyl (C=O) groups is 1. The van der Waals surface area contributed by atoms with Gasteiger partial charge >= 0.3 is 0 Å². The van der Waals surface area contributed by atoms with E-state index >= 15 is 0 Å². The summed E-state index contributed by atoms with van der Waals surface area (Å²) in [5, 5.41) is 3.26. The van der Waals surface area contributed by atoms with Crippen LogP contribution in [0.1, 0.15) is 16.1 Å². The first-order valence-electron chi connectivity index (χ1n) is 7.62. The molecule has 3 rings (SSSR count). The molecule has 1 aromatic carbocycles. The SMILES string of the molecule is Cc1cc(C(=O)Nc2cc(Cl)cc(S(C)(=O)=O)c2)cn1-c1ncc(Cl)cn1. The van der Waals surface area contributed by atoms with Gasteiger partial charge in [-0.2, -0.15) is 0 Å². The second-order valence-electron chi connectivity index (χ2n) is 5.84. The normalized spacial score (nSPS) is 11.4. The summed E-state index contributed by atoms with van der Waals surface area (Å²) in [6, 6.07) is 5.81. The summed E-state index contributed by atoms with van der Waals surface area (Å²) in [6.45, 7) is 1.80. The van der Waals surface area contributed by atoms with Crippen molar-refractivity contribution in [3.05, 3.63) is 64.2 Å². The molecule has 0 aliphatic carbocycles. The van der Waals surface area contributed by atoms with Crippen LogP contribution in [0, 0.1) is 6.92 Å². The second-order valence-corrected chi connectivity index (χ2v) is 8.73. The minimum absolute atomic E-state index is 0.0219. The standard InChI is InChI=1S/C17H14Cl2N4O3S/c1-10-3-11(9-23(10)17-20-7-13(19)8-21-17)16(24)22-14-4-12(18)5-15(6-14)27(2,25)26/h3-9H,1-2H3,(H,22,24). The van der Waals surface area contributed by atoms with Crippen molar-refractivity contribution in [2.24, 2.45) is 0 Å². The molecule has 1 N–H and O–H groups in total. The first kappa shape index (κ1) is 19.3. The molecule has 140 valence electrons. The van der Waals surface area contributed by atoms with Crippen molar-refractivity contribution in [1.29, 1.82) is 0 Å². The second kappa shape index (κ2) is 7.30. The summed E-state index contributed by atoms with van der Waals surface area (Å²) in [6.07, 6.45) is 5.57. The van der Waals surface area contributed by atoms with Crippen molar-refractivity contribution in [1.82, 2.24) is 14.5 Å². The molecule has 0 aliphatic rings. The number of nitrogens with zero attached hydrogens (tertiary/aromatic N) is 3. The molecule has 0 aliphatic heterocycles. The van der Waals surface area contributed by atoms with Gasteiger partial charge < -0.3 is 5.32 Å².